The predicted octanol–water partition coefficient (Wildman–Crippen LogP) is 6.48. The van der Waals surface area contributed by atoms with Gasteiger partial charge in [-0.2, -0.15) is 0 Å². The fourth-order valence-corrected chi connectivity index (χ4v) is 5.19. The number of fused-ring (bicyclic) bond motifs is 3. The van der Waals surface area contributed by atoms with E-state index >= 15 is 0 Å². The van der Waals surface area contributed by atoms with Gasteiger partial charge in [0.25, 0.3) is 5.91 Å². The first-order chi connectivity index (χ1) is 13.3. The molecule has 1 amide bonds. The Balaban J connectivity index is 1.53. The zero-order valence-electron chi connectivity index (χ0n) is 14.6. The number of anilines is 1. The van der Waals surface area contributed by atoms with Gasteiger partial charge in [0.2, 0.25) is 0 Å². The summed E-state index contributed by atoms with van der Waals surface area (Å²) in [5.74, 6) is 0.183. The molecule has 1 aliphatic heterocycles. The van der Waals surface area contributed by atoms with Crippen molar-refractivity contribution < 1.29 is 22.7 Å². The van der Waals surface area contributed by atoms with Crippen LogP contribution in [0.3, 0.4) is 0 Å². The number of aryl methyl sites for hydroxylation is 1. The Morgan fingerprint density at radius 1 is 1.11 bits per heavy atom. The van der Waals surface area contributed by atoms with Gasteiger partial charge in [-0.25, -0.2) is 0 Å². The van der Waals surface area contributed by atoms with E-state index in [2.05, 4.69) is 28.3 Å². The fourth-order valence-electron chi connectivity index (χ4n) is 2.91. The van der Waals surface area contributed by atoms with Crippen molar-refractivity contribution in [3.05, 3.63) is 64.5 Å². The molecule has 0 atom stereocenters. The minimum absolute atomic E-state index is 0.289. The maximum Gasteiger partial charge on any atom is 0.573 e. The number of rotatable bonds is 3. The topological polar surface area (TPSA) is 38.3 Å². The van der Waals surface area contributed by atoms with Crippen LogP contribution < -0.4 is 10.1 Å². The number of benzene rings is 2. The number of amides is 1. The maximum absolute atomic E-state index is 12.6. The van der Waals surface area contributed by atoms with E-state index in [0.717, 1.165) is 39.5 Å². The van der Waals surface area contributed by atoms with Crippen molar-refractivity contribution in [3.63, 3.8) is 0 Å². The molecule has 0 bridgehead atoms. The quantitative estimate of drug-likeness (QED) is 0.526. The highest BCUT2D eigenvalue weighted by Crippen LogP contribution is 2.46. The molecule has 0 fully saturated rings. The highest BCUT2D eigenvalue weighted by atomic mass is 32.2. The maximum atomic E-state index is 12.6. The lowest BCUT2D eigenvalue weighted by Crippen LogP contribution is -2.17. The molecule has 0 radical (unpaired) electrons. The molecule has 8 heteroatoms. The van der Waals surface area contributed by atoms with Crippen LogP contribution in [0.1, 0.15) is 20.8 Å². The molecule has 0 saturated heterocycles. The molecule has 3 nitrogen and oxygen atoms in total. The van der Waals surface area contributed by atoms with Gasteiger partial charge in [-0.3, -0.25) is 4.79 Å². The molecule has 1 aromatic heterocycles. The van der Waals surface area contributed by atoms with Crippen LogP contribution in [-0.4, -0.2) is 12.3 Å². The van der Waals surface area contributed by atoms with Gasteiger partial charge in [-0.05, 0) is 55.0 Å². The van der Waals surface area contributed by atoms with Gasteiger partial charge in [-0.1, -0.05) is 11.6 Å². The molecule has 0 unspecified atom stereocenters. The monoisotopic (exact) mass is 421 g/mol. The molecule has 144 valence electrons. The molecular weight excluding hydrogens is 407 g/mol. The van der Waals surface area contributed by atoms with Gasteiger partial charge < -0.3 is 10.1 Å². The Hall–Kier alpha value is -2.45. The molecule has 1 aliphatic rings. The normalized spacial score (nSPS) is 12.9. The Labute approximate surface area is 167 Å². The largest absolute Gasteiger partial charge is 0.573 e. The van der Waals surface area contributed by atoms with Crippen molar-refractivity contribution in [1.29, 1.82) is 0 Å². The molecule has 0 spiro atoms. The SMILES string of the molecule is Cc1ccc2c(c1)-c1sc(C(=O)Nc3ccc(OC(F)(F)F)cc3)cc1CS2. The second-order valence-corrected chi connectivity index (χ2v) is 8.35. The summed E-state index contributed by atoms with van der Waals surface area (Å²) < 4.78 is 40.5. The molecule has 2 aromatic carbocycles. The highest BCUT2D eigenvalue weighted by Gasteiger charge is 2.31. The predicted molar refractivity (Wildman–Crippen MR) is 105 cm³/mol. The number of thioether (sulfide) groups is 1. The smallest absolute Gasteiger partial charge is 0.406 e. The molecule has 4 rings (SSSR count). The third-order valence-electron chi connectivity index (χ3n) is 4.14. The molecule has 3 aromatic rings. The number of halogens is 3. The third-order valence-corrected chi connectivity index (χ3v) is 6.47. The van der Waals surface area contributed by atoms with Crippen LogP contribution in [0.2, 0.25) is 0 Å². The zero-order valence-corrected chi connectivity index (χ0v) is 16.2. The summed E-state index contributed by atoms with van der Waals surface area (Å²) in [7, 11) is 0. The van der Waals surface area contributed by atoms with Crippen LogP contribution in [0.25, 0.3) is 10.4 Å². The van der Waals surface area contributed by atoms with Crippen LogP contribution in [0.5, 0.6) is 5.75 Å². The first-order valence-corrected chi connectivity index (χ1v) is 10.1. The minimum Gasteiger partial charge on any atom is -0.406 e. The van der Waals surface area contributed by atoms with E-state index in [0.29, 0.717) is 10.6 Å². The number of hydrogen-bond donors (Lipinski definition) is 1. The number of ether oxygens (including phenoxy) is 1. The van der Waals surface area contributed by atoms with Crippen LogP contribution in [-0.2, 0) is 5.75 Å². The van der Waals surface area contributed by atoms with Crippen LogP contribution in [0.15, 0.2) is 53.4 Å². The van der Waals surface area contributed by atoms with E-state index < -0.39 is 6.36 Å². The number of hydrogen-bond acceptors (Lipinski definition) is 4. The summed E-state index contributed by atoms with van der Waals surface area (Å²) in [6, 6.07) is 13.3. The van der Waals surface area contributed by atoms with E-state index in [9.17, 15) is 18.0 Å². The summed E-state index contributed by atoms with van der Waals surface area (Å²) in [5, 5.41) is 2.72. The molecule has 0 aliphatic carbocycles. The summed E-state index contributed by atoms with van der Waals surface area (Å²) in [5.41, 5.74) is 3.82. The number of alkyl halides is 3. The van der Waals surface area contributed by atoms with Crippen molar-refractivity contribution in [2.45, 2.75) is 23.9 Å². The highest BCUT2D eigenvalue weighted by molar-refractivity contribution is 7.98. The van der Waals surface area contributed by atoms with Gasteiger partial charge in [-0.15, -0.1) is 36.3 Å². The summed E-state index contributed by atoms with van der Waals surface area (Å²) in [4.78, 5) is 15.5. The van der Waals surface area contributed by atoms with Gasteiger partial charge in [0.1, 0.15) is 5.75 Å². The molecule has 28 heavy (non-hydrogen) atoms. The van der Waals surface area contributed by atoms with Gasteiger partial charge in [0.15, 0.2) is 0 Å². The lowest BCUT2D eigenvalue weighted by atomic mass is 10.1. The lowest BCUT2D eigenvalue weighted by Gasteiger charge is -2.15. The second kappa shape index (κ2) is 7.18. The minimum atomic E-state index is -4.74. The van der Waals surface area contributed by atoms with Crippen molar-refractivity contribution in [1.82, 2.24) is 0 Å². The van der Waals surface area contributed by atoms with E-state index in [4.69, 9.17) is 0 Å². The Bertz CT molecular complexity index is 1040. The van der Waals surface area contributed by atoms with Crippen molar-refractivity contribution in [2.75, 3.05) is 5.32 Å². The summed E-state index contributed by atoms with van der Waals surface area (Å²) in [6.45, 7) is 2.03. The van der Waals surface area contributed by atoms with Crippen LogP contribution >= 0.6 is 23.1 Å². The number of carbonyl (C=O) groups excluding carboxylic acids is 1. The van der Waals surface area contributed by atoms with Crippen molar-refractivity contribution >= 4 is 34.7 Å². The number of nitrogens with one attached hydrogen (secondary N) is 1. The van der Waals surface area contributed by atoms with Gasteiger partial charge in [0, 0.05) is 26.8 Å². The summed E-state index contributed by atoms with van der Waals surface area (Å²) in [6.07, 6.45) is -4.74. The lowest BCUT2D eigenvalue weighted by molar-refractivity contribution is -0.274. The summed E-state index contributed by atoms with van der Waals surface area (Å²) >= 11 is 3.17. The Morgan fingerprint density at radius 3 is 2.57 bits per heavy atom. The van der Waals surface area contributed by atoms with Gasteiger partial charge >= 0.3 is 6.36 Å². The molecule has 2 heterocycles. The Kier molecular flexibility index (Phi) is 4.84. The first kappa shape index (κ1) is 18.9. The van der Waals surface area contributed by atoms with Crippen LogP contribution in [0, 0.1) is 6.92 Å². The second-order valence-electron chi connectivity index (χ2n) is 6.28. The van der Waals surface area contributed by atoms with Gasteiger partial charge in [0.05, 0.1) is 4.88 Å². The first-order valence-electron chi connectivity index (χ1n) is 8.32. The molecule has 0 saturated carbocycles. The van der Waals surface area contributed by atoms with Crippen molar-refractivity contribution in [3.8, 4) is 16.2 Å². The zero-order chi connectivity index (χ0) is 19.9. The van der Waals surface area contributed by atoms with E-state index in [1.807, 2.05) is 13.0 Å². The Morgan fingerprint density at radius 2 is 1.86 bits per heavy atom. The van der Waals surface area contributed by atoms with E-state index in [1.165, 1.54) is 28.4 Å². The number of carbonyl (C=O) groups is 1. The fraction of sp³-hybridized carbons (Fsp3) is 0.150. The van der Waals surface area contributed by atoms with Crippen LogP contribution in [0.4, 0.5) is 18.9 Å². The molecule has 1 N–H and O–H groups in total. The standard InChI is InChI=1S/C20H14F3NO2S2/c1-11-2-7-16-15(8-11)18-12(10-27-16)9-17(28-18)19(25)24-13-3-5-14(6-4-13)26-20(21,22)23/h2-9H,10H2,1H3,(H,24,25). The van der Waals surface area contributed by atoms with E-state index in [-0.39, 0.29) is 11.7 Å². The number of thiophene rings is 1. The van der Waals surface area contributed by atoms with E-state index in [1.54, 1.807) is 11.8 Å². The average Bonchev–Trinajstić information content (AvgIpc) is 3.07. The van der Waals surface area contributed by atoms with Crippen molar-refractivity contribution in [2.24, 2.45) is 0 Å². The third kappa shape index (κ3) is 4.02. The molecular formula is C20H14F3NO2S2. The average molecular weight is 421 g/mol.